The van der Waals surface area contributed by atoms with Crippen molar-refractivity contribution < 1.29 is 4.74 Å². The van der Waals surface area contributed by atoms with Crippen molar-refractivity contribution in [2.75, 3.05) is 38.2 Å². The quantitative estimate of drug-likeness (QED) is 0.832. The normalized spacial score (nSPS) is 22.5. The standard InChI is InChI=1S/C17H26N6O/c1-24-12-14-10-16(23-17(20-14)18-13-19-23)22-9-5-6-15(22)11-21-7-3-2-4-8-21/h10,13,15H,2-9,11-12H2,1H3/t15-/m1/s1. The number of rotatable bonds is 5. The zero-order valence-electron chi connectivity index (χ0n) is 14.4. The molecule has 2 fully saturated rings. The summed E-state index contributed by atoms with van der Waals surface area (Å²) in [5.74, 6) is 1.76. The number of aromatic nitrogens is 4. The summed E-state index contributed by atoms with van der Waals surface area (Å²) >= 11 is 0. The van der Waals surface area contributed by atoms with Crippen LogP contribution in [0.2, 0.25) is 0 Å². The number of hydrogen-bond acceptors (Lipinski definition) is 6. The molecule has 7 heteroatoms. The fourth-order valence-corrected chi connectivity index (χ4v) is 4.04. The van der Waals surface area contributed by atoms with Gasteiger partial charge in [-0.3, -0.25) is 0 Å². The van der Waals surface area contributed by atoms with Crippen molar-refractivity contribution >= 4 is 11.6 Å². The highest BCUT2D eigenvalue weighted by Crippen LogP contribution is 2.27. The SMILES string of the molecule is COCc1cc(N2CCC[C@@H]2CN2CCCCC2)n2ncnc2n1. The van der Waals surface area contributed by atoms with Gasteiger partial charge in [0, 0.05) is 32.3 Å². The summed E-state index contributed by atoms with van der Waals surface area (Å²) in [6.07, 6.45) is 8.12. The Labute approximate surface area is 142 Å². The Morgan fingerprint density at radius 1 is 1.17 bits per heavy atom. The molecule has 2 aromatic rings. The van der Waals surface area contributed by atoms with Gasteiger partial charge < -0.3 is 14.5 Å². The van der Waals surface area contributed by atoms with Gasteiger partial charge in [0.2, 0.25) is 0 Å². The first-order chi connectivity index (χ1) is 11.8. The maximum Gasteiger partial charge on any atom is 0.254 e. The fourth-order valence-electron chi connectivity index (χ4n) is 4.04. The molecule has 2 aromatic heterocycles. The van der Waals surface area contributed by atoms with Crippen molar-refractivity contribution in [3.8, 4) is 0 Å². The molecule has 4 heterocycles. The van der Waals surface area contributed by atoms with Crippen LogP contribution in [0.3, 0.4) is 0 Å². The summed E-state index contributed by atoms with van der Waals surface area (Å²) in [5.41, 5.74) is 0.914. The Bertz CT molecular complexity index is 681. The molecule has 0 unspecified atom stereocenters. The number of anilines is 1. The molecule has 0 radical (unpaired) electrons. The summed E-state index contributed by atoms with van der Waals surface area (Å²) in [4.78, 5) is 13.9. The molecule has 0 bridgehead atoms. The van der Waals surface area contributed by atoms with Crippen LogP contribution in [-0.2, 0) is 11.3 Å². The number of ether oxygens (including phenoxy) is 1. The lowest BCUT2D eigenvalue weighted by Gasteiger charge is -2.34. The predicted octanol–water partition coefficient (Wildman–Crippen LogP) is 1.73. The van der Waals surface area contributed by atoms with E-state index in [1.54, 1.807) is 13.4 Å². The van der Waals surface area contributed by atoms with Crippen molar-refractivity contribution in [1.29, 1.82) is 0 Å². The van der Waals surface area contributed by atoms with E-state index in [-0.39, 0.29) is 0 Å². The van der Waals surface area contributed by atoms with Gasteiger partial charge in [0.15, 0.2) is 0 Å². The average Bonchev–Trinajstić information content (AvgIpc) is 3.24. The van der Waals surface area contributed by atoms with Gasteiger partial charge in [-0.15, -0.1) is 0 Å². The molecule has 24 heavy (non-hydrogen) atoms. The summed E-state index contributed by atoms with van der Waals surface area (Å²) in [6, 6.07) is 2.66. The molecule has 0 N–H and O–H groups in total. The van der Waals surface area contributed by atoms with Gasteiger partial charge in [-0.2, -0.15) is 14.6 Å². The number of likely N-dealkylation sites (tertiary alicyclic amines) is 1. The highest BCUT2D eigenvalue weighted by Gasteiger charge is 2.29. The molecule has 1 atom stereocenters. The van der Waals surface area contributed by atoms with E-state index >= 15 is 0 Å². The first-order valence-electron chi connectivity index (χ1n) is 9.03. The van der Waals surface area contributed by atoms with Gasteiger partial charge in [0.1, 0.15) is 12.1 Å². The second kappa shape index (κ2) is 7.03. The van der Waals surface area contributed by atoms with Crippen molar-refractivity contribution in [1.82, 2.24) is 24.5 Å². The zero-order valence-corrected chi connectivity index (χ0v) is 14.4. The van der Waals surface area contributed by atoms with Gasteiger partial charge in [0.25, 0.3) is 5.78 Å². The molecule has 130 valence electrons. The maximum atomic E-state index is 5.27. The highest BCUT2D eigenvalue weighted by atomic mass is 16.5. The highest BCUT2D eigenvalue weighted by molar-refractivity contribution is 5.49. The Balaban J connectivity index is 1.61. The summed E-state index contributed by atoms with van der Waals surface area (Å²) in [7, 11) is 1.70. The van der Waals surface area contributed by atoms with Crippen molar-refractivity contribution in [3.05, 3.63) is 18.1 Å². The number of nitrogens with zero attached hydrogens (tertiary/aromatic N) is 6. The molecule has 0 amide bonds. The van der Waals surface area contributed by atoms with Crippen molar-refractivity contribution in [2.24, 2.45) is 0 Å². The lowest BCUT2D eigenvalue weighted by atomic mass is 10.1. The lowest BCUT2D eigenvalue weighted by molar-refractivity contribution is 0.181. The smallest absolute Gasteiger partial charge is 0.254 e. The fraction of sp³-hybridized carbons (Fsp3) is 0.706. The van der Waals surface area contributed by atoms with E-state index in [4.69, 9.17) is 4.74 Å². The van der Waals surface area contributed by atoms with E-state index in [2.05, 4.69) is 30.9 Å². The van der Waals surface area contributed by atoms with E-state index in [1.165, 1.54) is 45.2 Å². The molecule has 2 aliphatic rings. The number of hydrogen-bond donors (Lipinski definition) is 0. The molecule has 0 spiro atoms. The first-order valence-corrected chi connectivity index (χ1v) is 9.03. The third-order valence-corrected chi connectivity index (χ3v) is 5.17. The molecule has 2 aliphatic heterocycles. The predicted molar refractivity (Wildman–Crippen MR) is 92.2 cm³/mol. The van der Waals surface area contributed by atoms with E-state index in [9.17, 15) is 0 Å². The Morgan fingerprint density at radius 3 is 2.88 bits per heavy atom. The van der Waals surface area contributed by atoms with E-state index in [1.807, 2.05) is 4.52 Å². The monoisotopic (exact) mass is 330 g/mol. The van der Waals surface area contributed by atoms with Crippen LogP contribution in [0.4, 0.5) is 5.82 Å². The largest absolute Gasteiger partial charge is 0.378 e. The molecule has 2 saturated heterocycles. The summed E-state index contributed by atoms with van der Waals surface area (Å²) < 4.78 is 7.14. The van der Waals surface area contributed by atoms with Crippen LogP contribution in [0.5, 0.6) is 0 Å². The van der Waals surface area contributed by atoms with Crippen LogP contribution in [0.15, 0.2) is 12.4 Å². The van der Waals surface area contributed by atoms with E-state index in [0.29, 0.717) is 18.4 Å². The molecular formula is C17H26N6O. The average molecular weight is 330 g/mol. The molecule has 0 aromatic carbocycles. The third kappa shape index (κ3) is 3.10. The number of methoxy groups -OCH3 is 1. The summed E-state index contributed by atoms with van der Waals surface area (Å²) in [6.45, 7) is 5.21. The van der Waals surface area contributed by atoms with Crippen LogP contribution in [0, 0.1) is 0 Å². The molecule has 7 nitrogen and oxygen atoms in total. The molecule has 4 rings (SSSR count). The molecular weight excluding hydrogens is 304 g/mol. The molecule has 0 aliphatic carbocycles. The van der Waals surface area contributed by atoms with Crippen molar-refractivity contribution in [2.45, 2.75) is 44.8 Å². The van der Waals surface area contributed by atoms with Gasteiger partial charge in [-0.1, -0.05) is 6.42 Å². The zero-order chi connectivity index (χ0) is 16.4. The van der Waals surface area contributed by atoms with Gasteiger partial charge in [0.05, 0.1) is 12.3 Å². The minimum absolute atomic E-state index is 0.501. The first kappa shape index (κ1) is 15.8. The van der Waals surface area contributed by atoms with Gasteiger partial charge in [-0.05, 0) is 38.8 Å². The lowest BCUT2D eigenvalue weighted by Crippen LogP contribution is -2.43. The van der Waals surface area contributed by atoms with Crippen LogP contribution in [0.25, 0.3) is 5.78 Å². The number of fused-ring (bicyclic) bond motifs is 1. The van der Waals surface area contributed by atoms with Gasteiger partial charge in [-0.25, -0.2) is 4.98 Å². The number of piperidine rings is 1. The minimum Gasteiger partial charge on any atom is -0.378 e. The van der Waals surface area contributed by atoms with E-state index < -0.39 is 0 Å². The summed E-state index contributed by atoms with van der Waals surface area (Å²) in [5, 5.41) is 4.39. The Hall–Kier alpha value is -1.73. The van der Waals surface area contributed by atoms with Gasteiger partial charge >= 0.3 is 0 Å². The van der Waals surface area contributed by atoms with Crippen LogP contribution < -0.4 is 4.90 Å². The molecule has 0 saturated carbocycles. The van der Waals surface area contributed by atoms with Crippen LogP contribution in [0.1, 0.15) is 37.8 Å². The minimum atomic E-state index is 0.501. The maximum absolute atomic E-state index is 5.27. The van der Waals surface area contributed by atoms with Crippen molar-refractivity contribution in [3.63, 3.8) is 0 Å². The third-order valence-electron chi connectivity index (χ3n) is 5.17. The second-order valence-corrected chi connectivity index (χ2v) is 6.86. The topological polar surface area (TPSA) is 58.8 Å². The second-order valence-electron chi connectivity index (χ2n) is 6.86. The van der Waals surface area contributed by atoms with Crippen LogP contribution >= 0.6 is 0 Å². The Kier molecular flexibility index (Phi) is 4.62. The van der Waals surface area contributed by atoms with E-state index in [0.717, 1.165) is 24.6 Å². The Morgan fingerprint density at radius 2 is 2.04 bits per heavy atom. The van der Waals surface area contributed by atoms with Crippen LogP contribution in [-0.4, -0.2) is 63.8 Å².